The van der Waals surface area contributed by atoms with Crippen molar-refractivity contribution in [3.63, 3.8) is 0 Å². The summed E-state index contributed by atoms with van der Waals surface area (Å²) in [6.07, 6.45) is 0.833. The second-order valence-electron chi connectivity index (χ2n) is 9.19. The Bertz CT molecular complexity index is 1240. The predicted octanol–water partition coefficient (Wildman–Crippen LogP) is 6.81. The van der Waals surface area contributed by atoms with E-state index in [2.05, 4.69) is 145 Å². The highest BCUT2D eigenvalue weighted by Crippen LogP contribution is 2.37. The molecular weight excluding hydrogens is 436 g/mol. The van der Waals surface area contributed by atoms with Gasteiger partial charge in [-0.2, -0.15) is 0 Å². The summed E-state index contributed by atoms with van der Waals surface area (Å²) in [5.41, 5.74) is 13.2. The van der Waals surface area contributed by atoms with E-state index in [1.807, 2.05) is 6.07 Å². The van der Waals surface area contributed by atoms with E-state index in [-0.39, 0.29) is 6.04 Å². The van der Waals surface area contributed by atoms with E-state index in [0.29, 0.717) is 6.54 Å². The first-order valence-corrected chi connectivity index (χ1v) is 12.6. The molecule has 2 nitrogen and oxygen atoms in total. The number of rotatable bonds is 9. The maximum absolute atomic E-state index is 6.42. The smallest absolute Gasteiger partial charge is 0.0950 e. The van der Waals surface area contributed by atoms with Gasteiger partial charge in [-0.05, 0) is 39.8 Å². The van der Waals surface area contributed by atoms with Gasteiger partial charge in [0.1, 0.15) is 0 Å². The van der Waals surface area contributed by atoms with Crippen LogP contribution in [-0.2, 0) is 12.0 Å². The highest BCUT2D eigenvalue weighted by Gasteiger charge is 2.37. The minimum Gasteiger partial charge on any atom is -0.329 e. The molecule has 2 heteroatoms. The molecule has 3 N–H and O–H groups in total. The van der Waals surface area contributed by atoms with Crippen LogP contribution in [0.1, 0.15) is 22.3 Å². The molecule has 0 radical (unpaired) electrons. The summed E-state index contributed by atoms with van der Waals surface area (Å²) in [6.45, 7) is 0.523. The first-order valence-electron chi connectivity index (χ1n) is 12.6. The summed E-state index contributed by atoms with van der Waals surface area (Å²) in [7, 11) is 0. The van der Waals surface area contributed by atoms with E-state index in [9.17, 15) is 0 Å². The van der Waals surface area contributed by atoms with Crippen molar-refractivity contribution < 1.29 is 0 Å². The van der Waals surface area contributed by atoms with Gasteiger partial charge in [-0.25, -0.2) is 0 Å². The quantitative estimate of drug-likeness (QED) is 0.233. The zero-order valence-electron chi connectivity index (χ0n) is 20.4. The molecule has 0 aliphatic rings. The third kappa shape index (κ3) is 5.01. The Morgan fingerprint density at radius 3 is 1.31 bits per heavy atom. The van der Waals surface area contributed by atoms with Crippen molar-refractivity contribution in [2.75, 3.05) is 6.54 Å². The van der Waals surface area contributed by atoms with Crippen LogP contribution in [0, 0.1) is 0 Å². The average molecular weight is 469 g/mol. The molecule has 36 heavy (non-hydrogen) atoms. The average Bonchev–Trinajstić information content (AvgIpc) is 2.97. The molecule has 0 aliphatic carbocycles. The fraction of sp³-hybridized carbons (Fsp3) is 0.118. The summed E-state index contributed by atoms with van der Waals surface area (Å²) in [5, 5.41) is 4.04. The first-order chi connectivity index (χ1) is 17.8. The van der Waals surface area contributed by atoms with Crippen LogP contribution in [0.15, 0.2) is 146 Å². The number of benzene rings is 5. The fourth-order valence-corrected chi connectivity index (χ4v) is 5.06. The van der Waals surface area contributed by atoms with Gasteiger partial charge in [0.2, 0.25) is 0 Å². The molecule has 0 aliphatic heterocycles. The van der Waals surface area contributed by atoms with E-state index in [1.54, 1.807) is 0 Å². The van der Waals surface area contributed by atoms with Crippen LogP contribution in [0.2, 0.25) is 0 Å². The SMILES string of the molecule is NC[C@H](Cc1ccc(-c2ccccc2)cc1)NC(c1ccccc1)(c1ccccc1)c1ccccc1. The third-order valence-corrected chi connectivity index (χ3v) is 6.87. The second kappa shape index (κ2) is 11.2. The topological polar surface area (TPSA) is 38.0 Å². The molecular formula is C34H32N2. The zero-order chi connectivity index (χ0) is 24.6. The van der Waals surface area contributed by atoms with Crippen molar-refractivity contribution in [3.8, 4) is 11.1 Å². The molecule has 1 atom stereocenters. The van der Waals surface area contributed by atoms with Crippen LogP contribution in [0.4, 0.5) is 0 Å². The van der Waals surface area contributed by atoms with Gasteiger partial charge in [0, 0.05) is 12.6 Å². The van der Waals surface area contributed by atoms with Crippen molar-refractivity contribution in [3.05, 3.63) is 168 Å². The van der Waals surface area contributed by atoms with E-state index in [4.69, 9.17) is 5.73 Å². The van der Waals surface area contributed by atoms with Crippen LogP contribution in [-0.4, -0.2) is 12.6 Å². The maximum Gasteiger partial charge on any atom is 0.0950 e. The number of nitrogens with two attached hydrogens (primary N) is 1. The van der Waals surface area contributed by atoms with Crippen molar-refractivity contribution in [2.45, 2.75) is 18.0 Å². The fourth-order valence-electron chi connectivity index (χ4n) is 5.06. The lowest BCUT2D eigenvalue weighted by atomic mass is 9.76. The first kappa shape index (κ1) is 23.7. The number of hydrogen-bond donors (Lipinski definition) is 2. The van der Waals surface area contributed by atoms with Crippen molar-refractivity contribution in [2.24, 2.45) is 5.73 Å². The van der Waals surface area contributed by atoms with Gasteiger partial charge < -0.3 is 5.73 Å². The molecule has 0 aromatic heterocycles. The van der Waals surface area contributed by atoms with Crippen LogP contribution < -0.4 is 11.1 Å². The standard InChI is InChI=1S/C34H32N2/c35-26-33(25-27-21-23-29(24-22-27)28-13-5-1-6-14-28)36-34(30-15-7-2-8-16-30,31-17-9-3-10-18-31)32-19-11-4-12-20-32/h1-24,33,36H,25-26,35H2/t33-/m0/s1. The summed E-state index contributed by atoms with van der Waals surface area (Å²) in [5.74, 6) is 0. The maximum atomic E-state index is 6.42. The normalized spacial score (nSPS) is 12.2. The Morgan fingerprint density at radius 1 is 0.500 bits per heavy atom. The van der Waals surface area contributed by atoms with Crippen molar-refractivity contribution >= 4 is 0 Å². The lowest BCUT2D eigenvalue weighted by molar-refractivity contribution is 0.391. The van der Waals surface area contributed by atoms with Gasteiger partial charge in [0.05, 0.1) is 5.54 Å². The van der Waals surface area contributed by atoms with E-state index < -0.39 is 5.54 Å². The van der Waals surface area contributed by atoms with Gasteiger partial charge in [0.25, 0.3) is 0 Å². The second-order valence-corrected chi connectivity index (χ2v) is 9.19. The van der Waals surface area contributed by atoms with E-state index >= 15 is 0 Å². The van der Waals surface area contributed by atoms with Crippen molar-refractivity contribution in [1.82, 2.24) is 5.32 Å². The molecule has 0 unspecified atom stereocenters. The molecule has 178 valence electrons. The Hall–Kier alpha value is -3.98. The predicted molar refractivity (Wildman–Crippen MR) is 151 cm³/mol. The van der Waals surface area contributed by atoms with E-state index in [0.717, 1.165) is 6.42 Å². The van der Waals surface area contributed by atoms with Crippen molar-refractivity contribution in [1.29, 1.82) is 0 Å². The zero-order valence-corrected chi connectivity index (χ0v) is 20.4. The Balaban J connectivity index is 1.52. The van der Waals surface area contributed by atoms with Gasteiger partial charge in [-0.15, -0.1) is 0 Å². The Kier molecular flexibility index (Phi) is 7.37. The molecule has 0 saturated heterocycles. The summed E-state index contributed by atoms with van der Waals surface area (Å²) >= 11 is 0. The largest absolute Gasteiger partial charge is 0.329 e. The molecule has 0 heterocycles. The number of nitrogens with one attached hydrogen (secondary N) is 1. The Morgan fingerprint density at radius 2 is 0.889 bits per heavy atom. The monoisotopic (exact) mass is 468 g/mol. The van der Waals surface area contributed by atoms with Crippen LogP contribution in [0.25, 0.3) is 11.1 Å². The van der Waals surface area contributed by atoms with Crippen LogP contribution >= 0.6 is 0 Å². The number of hydrogen-bond acceptors (Lipinski definition) is 2. The van der Waals surface area contributed by atoms with Crippen LogP contribution in [0.3, 0.4) is 0 Å². The van der Waals surface area contributed by atoms with Gasteiger partial charge in [-0.1, -0.05) is 146 Å². The minimum atomic E-state index is -0.530. The van der Waals surface area contributed by atoms with Gasteiger partial charge >= 0.3 is 0 Å². The Labute approximate surface area is 214 Å². The summed E-state index contributed by atoms with van der Waals surface area (Å²) in [4.78, 5) is 0. The molecule has 5 rings (SSSR count). The molecule has 5 aromatic rings. The minimum absolute atomic E-state index is 0.0631. The third-order valence-electron chi connectivity index (χ3n) is 6.87. The summed E-state index contributed by atoms with van der Waals surface area (Å²) in [6, 6.07) is 51.5. The lowest BCUT2D eigenvalue weighted by Gasteiger charge is -2.40. The highest BCUT2D eigenvalue weighted by atomic mass is 15.0. The van der Waals surface area contributed by atoms with Gasteiger partial charge in [0.15, 0.2) is 0 Å². The highest BCUT2D eigenvalue weighted by molar-refractivity contribution is 5.63. The van der Waals surface area contributed by atoms with E-state index in [1.165, 1.54) is 33.4 Å². The molecule has 0 bridgehead atoms. The summed E-state index contributed by atoms with van der Waals surface area (Å²) < 4.78 is 0. The van der Waals surface area contributed by atoms with Crippen LogP contribution in [0.5, 0.6) is 0 Å². The molecule has 0 amide bonds. The molecule has 0 saturated carbocycles. The van der Waals surface area contributed by atoms with Gasteiger partial charge in [-0.3, -0.25) is 5.32 Å². The molecule has 0 spiro atoms. The molecule has 0 fully saturated rings. The molecule has 5 aromatic carbocycles. The lowest BCUT2D eigenvalue weighted by Crippen LogP contribution is -2.53.